The lowest BCUT2D eigenvalue weighted by Gasteiger charge is -2.38. The van der Waals surface area contributed by atoms with E-state index in [1.807, 2.05) is 19.2 Å². The van der Waals surface area contributed by atoms with Crippen molar-refractivity contribution in [3.63, 3.8) is 0 Å². The maximum absolute atomic E-state index is 13.1. The Morgan fingerprint density at radius 2 is 1.60 bits per heavy atom. The van der Waals surface area contributed by atoms with E-state index in [2.05, 4.69) is 43.8 Å². The minimum Gasteiger partial charge on any atom is -0.368 e. The minimum absolute atomic E-state index is 0. The molecule has 1 aromatic rings. The van der Waals surface area contributed by atoms with E-state index in [1.54, 1.807) is 0 Å². The molecule has 8 heteroatoms. The van der Waals surface area contributed by atoms with E-state index >= 15 is 0 Å². The van der Waals surface area contributed by atoms with Crippen LogP contribution in [0.1, 0.15) is 13.8 Å². The van der Waals surface area contributed by atoms with E-state index in [9.17, 15) is 4.39 Å². The van der Waals surface area contributed by atoms with E-state index < -0.39 is 0 Å². The molecule has 2 aliphatic rings. The average Bonchev–Trinajstić information content (AvgIpc) is 2.76. The van der Waals surface area contributed by atoms with Gasteiger partial charge in [0.25, 0.3) is 0 Å². The molecule has 0 spiro atoms. The quantitative estimate of drug-likeness (QED) is 0.346. The molecule has 1 N–H and O–H groups in total. The van der Waals surface area contributed by atoms with Crippen molar-refractivity contribution >= 4 is 35.6 Å². The molecule has 6 nitrogen and oxygen atoms in total. The number of nitrogens with one attached hydrogen (secondary N) is 1. The molecular formula is C22H38FIN6. The maximum atomic E-state index is 13.1. The van der Waals surface area contributed by atoms with Gasteiger partial charge in [-0.2, -0.15) is 0 Å². The molecule has 0 radical (unpaired) electrons. The molecule has 2 fully saturated rings. The molecule has 0 saturated carbocycles. The second-order valence-corrected chi connectivity index (χ2v) is 8.22. The van der Waals surface area contributed by atoms with Crippen molar-refractivity contribution in [3.8, 4) is 0 Å². The molecule has 170 valence electrons. The predicted octanol–water partition coefficient (Wildman–Crippen LogP) is 2.41. The molecular weight excluding hydrogens is 494 g/mol. The number of nitrogens with zero attached hydrogens (tertiary/aromatic N) is 5. The summed E-state index contributed by atoms with van der Waals surface area (Å²) < 4.78 is 13.1. The number of rotatable bonds is 6. The van der Waals surface area contributed by atoms with Crippen molar-refractivity contribution in [2.75, 3.05) is 83.9 Å². The first-order chi connectivity index (χ1) is 14.1. The van der Waals surface area contributed by atoms with Gasteiger partial charge < -0.3 is 24.9 Å². The van der Waals surface area contributed by atoms with Gasteiger partial charge in [0.2, 0.25) is 0 Å². The molecule has 1 aromatic carbocycles. The second-order valence-electron chi connectivity index (χ2n) is 8.22. The average molecular weight is 532 g/mol. The van der Waals surface area contributed by atoms with Crippen LogP contribution >= 0.6 is 24.0 Å². The zero-order chi connectivity index (χ0) is 20.6. The van der Waals surface area contributed by atoms with E-state index in [0.717, 1.165) is 57.5 Å². The Morgan fingerprint density at radius 3 is 2.17 bits per heavy atom. The third kappa shape index (κ3) is 7.23. The summed E-state index contributed by atoms with van der Waals surface area (Å²) in [6.45, 7) is 16.2. The smallest absolute Gasteiger partial charge is 0.193 e. The van der Waals surface area contributed by atoms with Gasteiger partial charge in [0.15, 0.2) is 5.96 Å². The van der Waals surface area contributed by atoms with Gasteiger partial charge in [0.05, 0.1) is 0 Å². The van der Waals surface area contributed by atoms with Crippen molar-refractivity contribution in [3.05, 3.63) is 30.1 Å². The van der Waals surface area contributed by atoms with Crippen LogP contribution in [0.15, 0.2) is 29.3 Å². The summed E-state index contributed by atoms with van der Waals surface area (Å²) in [5, 5.41) is 3.58. The van der Waals surface area contributed by atoms with Gasteiger partial charge in [-0.05, 0) is 36.7 Å². The number of hydrogen-bond donors (Lipinski definition) is 1. The van der Waals surface area contributed by atoms with Gasteiger partial charge in [-0.15, -0.1) is 24.0 Å². The first-order valence-electron chi connectivity index (χ1n) is 11.0. The molecule has 1 unspecified atom stereocenters. The Morgan fingerprint density at radius 1 is 1.00 bits per heavy atom. The van der Waals surface area contributed by atoms with Gasteiger partial charge in [-0.1, -0.05) is 13.8 Å². The fraction of sp³-hybridized carbons (Fsp3) is 0.682. The van der Waals surface area contributed by atoms with Crippen LogP contribution in [0.25, 0.3) is 0 Å². The Bertz CT molecular complexity index is 640. The minimum atomic E-state index is -0.182. The highest BCUT2D eigenvalue weighted by molar-refractivity contribution is 14.0. The molecule has 2 heterocycles. The third-order valence-electron chi connectivity index (χ3n) is 6.07. The van der Waals surface area contributed by atoms with E-state index in [-0.39, 0.29) is 29.8 Å². The molecule has 0 amide bonds. The van der Waals surface area contributed by atoms with Crippen molar-refractivity contribution in [2.45, 2.75) is 13.8 Å². The van der Waals surface area contributed by atoms with E-state index in [0.29, 0.717) is 5.92 Å². The molecule has 0 aromatic heterocycles. The SMILES string of the molecule is CCN1CCN(CC(C)CNC(=NC)N2CCN(c3ccc(F)cc3)CC2)CC1.I. The number of likely N-dealkylation sites (N-methyl/N-ethyl adjacent to an activating group) is 1. The first kappa shape index (κ1) is 25.1. The fourth-order valence-corrected chi connectivity index (χ4v) is 4.22. The Labute approximate surface area is 198 Å². The van der Waals surface area contributed by atoms with Crippen LogP contribution in [-0.4, -0.2) is 99.7 Å². The van der Waals surface area contributed by atoms with Crippen molar-refractivity contribution in [1.29, 1.82) is 0 Å². The standard InChI is InChI=1S/C22H37FN6.HI/c1-4-26-9-11-27(12-10-26)18-19(2)17-25-22(24-3)29-15-13-28(14-16-29)21-7-5-20(23)6-8-21;/h5-8,19H,4,9-18H2,1-3H3,(H,24,25);1H. The van der Waals surface area contributed by atoms with Crippen molar-refractivity contribution in [1.82, 2.24) is 20.0 Å². The lowest BCUT2D eigenvalue weighted by Crippen LogP contribution is -2.53. The molecule has 2 aliphatic heterocycles. The highest BCUT2D eigenvalue weighted by Crippen LogP contribution is 2.17. The molecule has 1 atom stereocenters. The monoisotopic (exact) mass is 532 g/mol. The predicted molar refractivity (Wildman–Crippen MR) is 135 cm³/mol. The third-order valence-corrected chi connectivity index (χ3v) is 6.07. The number of aliphatic imine (C=N–C) groups is 1. The maximum Gasteiger partial charge on any atom is 0.193 e. The Balaban J connectivity index is 0.00000320. The fourth-order valence-electron chi connectivity index (χ4n) is 4.22. The van der Waals surface area contributed by atoms with Crippen LogP contribution in [-0.2, 0) is 0 Å². The molecule has 30 heavy (non-hydrogen) atoms. The van der Waals surface area contributed by atoms with Gasteiger partial charge in [-0.25, -0.2) is 4.39 Å². The number of guanidine groups is 1. The summed E-state index contributed by atoms with van der Waals surface area (Å²) in [6.07, 6.45) is 0. The zero-order valence-corrected chi connectivity index (χ0v) is 21.0. The summed E-state index contributed by atoms with van der Waals surface area (Å²) in [5.74, 6) is 1.39. The summed E-state index contributed by atoms with van der Waals surface area (Å²) in [4.78, 5) is 14.2. The normalized spacial score (nSPS) is 20.1. The Kier molecular flexibility index (Phi) is 10.6. The zero-order valence-electron chi connectivity index (χ0n) is 18.7. The first-order valence-corrected chi connectivity index (χ1v) is 11.0. The van der Waals surface area contributed by atoms with E-state index in [1.165, 1.54) is 38.3 Å². The van der Waals surface area contributed by atoms with Gasteiger partial charge in [-0.3, -0.25) is 4.99 Å². The van der Waals surface area contributed by atoms with Crippen LogP contribution in [0.4, 0.5) is 10.1 Å². The van der Waals surface area contributed by atoms with Gasteiger partial charge >= 0.3 is 0 Å². The summed E-state index contributed by atoms with van der Waals surface area (Å²) >= 11 is 0. The number of halogens is 2. The van der Waals surface area contributed by atoms with Gasteiger partial charge in [0, 0.05) is 78.2 Å². The number of benzene rings is 1. The largest absolute Gasteiger partial charge is 0.368 e. The van der Waals surface area contributed by atoms with E-state index in [4.69, 9.17) is 0 Å². The summed E-state index contributed by atoms with van der Waals surface area (Å²) in [5.41, 5.74) is 1.09. The van der Waals surface area contributed by atoms with Crippen molar-refractivity contribution < 1.29 is 4.39 Å². The van der Waals surface area contributed by atoms with Crippen LogP contribution in [0, 0.1) is 11.7 Å². The van der Waals surface area contributed by atoms with Gasteiger partial charge in [0.1, 0.15) is 5.82 Å². The molecule has 3 rings (SSSR count). The number of hydrogen-bond acceptors (Lipinski definition) is 4. The topological polar surface area (TPSA) is 37.4 Å². The second kappa shape index (κ2) is 12.7. The lowest BCUT2D eigenvalue weighted by molar-refractivity contribution is 0.124. The number of piperazine rings is 2. The van der Waals surface area contributed by atoms with Crippen LogP contribution in [0.2, 0.25) is 0 Å². The Hall–Kier alpha value is -1.13. The van der Waals surface area contributed by atoms with Crippen molar-refractivity contribution in [2.24, 2.45) is 10.9 Å². The molecule has 0 aliphatic carbocycles. The van der Waals surface area contributed by atoms with Crippen LogP contribution in [0.3, 0.4) is 0 Å². The highest BCUT2D eigenvalue weighted by atomic mass is 127. The van der Waals surface area contributed by atoms with Crippen LogP contribution in [0.5, 0.6) is 0 Å². The molecule has 0 bridgehead atoms. The lowest BCUT2D eigenvalue weighted by atomic mass is 10.1. The molecule has 2 saturated heterocycles. The number of anilines is 1. The van der Waals surface area contributed by atoms with Crippen LogP contribution < -0.4 is 10.2 Å². The summed E-state index contributed by atoms with van der Waals surface area (Å²) in [6, 6.07) is 6.79. The highest BCUT2D eigenvalue weighted by Gasteiger charge is 2.21. The summed E-state index contributed by atoms with van der Waals surface area (Å²) in [7, 11) is 1.86.